The number of carbonyl (C=O) groups is 1. The number of rotatable bonds is 11. The highest BCUT2D eigenvalue weighted by atomic mass is 32.7. The molecule has 0 heterocycles. The minimum Gasteiger partial charge on any atom is -0.494 e. The maximum absolute atomic E-state index is 13.8. The van der Waals surface area contributed by atoms with Gasteiger partial charge in [-0.25, -0.2) is 4.99 Å². The zero-order chi connectivity index (χ0) is 21.2. The first kappa shape index (κ1) is 25.1. The molecule has 1 atom stereocenters. The quantitative estimate of drug-likeness (QED) is 0.239. The molecule has 0 spiro atoms. The Kier molecular flexibility index (Phi) is 11.3. The predicted octanol–water partition coefficient (Wildman–Crippen LogP) is 5.86. The number of aliphatic imine (C=N–C) groups is 1. The molecule has 158 valence electrons. The number of amidine groups is 1. The highest BCUT2D eigenvalue weighted by molar-refractivity contribution is 8.56. The molecule has 0 saturated carbocycles. The van der Waals surface area contributed by atoms with Crippen molar-refractivity contribution in [2.24, 2.45) is 10.9 Å². The third-order valence-electron chi connectivity index (χ3n) is 3.54. The van der Waals surface area contributed by atoms with E-state index in [1.807, 2.05) is 37.4 Å². The monoisotopic (exact) mass is 446 g/mol. The van der Waals surface area contributed by atoms with Gasteiger partial charge in [0.15, 0.2) is 5.17 Å². The number of hydrogen-bond donors (Lipinski definition) is 0. The number of hydrogen-bond acceptors (Lipinski definition) is 7. The Morgan fingerprint density at radius 1 is 1.32 bits per heavy atom. The lowest BCUT2D eigenvalue weighted by Gasteiger charge is -2.32. The van der Waals surface area contributed by atoms with Crippen LogP contribution in [0.25, 0.3) is 0 Å². The van der Waals surface area contributed by atoms with Crippen LogP contribution in [0.3, 0.4) is 0 Å². The maximum atomic E-state index is 13.8. The molecule has 0 N–H and O–H groups in total. The SMILES string of the molecule is CCOP(=O)(SCC(C)C)N(CCC(C)=O)C(=Nc1ccccc1OC)SC. The van der Waals surface area contributed by atoms with Gasteiger partial charge in [-0.1, -0.05) is 37.7 Å². The van der Waals surface area contributed by atoms with Gasteiger partial charge in [0, 0.05) is 18.7 Å². The number of benzene rings is 1. The molecule has 1 rings (SSSR count). The molecule has 0 amide bonds. The van der Waals surface area contributed by atoms with Crippen LogP contribution in [0.4, 0.5) is 5.69 Å². The van der Waals surface area contributed by atoms with Crippen LogP contribution in [0.1, 0.15) is 34.1 Å². The molecule has 0 aliphatic heterocycles. The van der Waals surface area contributed by atoms with Crippen molar-refractivity contribution in [2.45, 2.75) is 34.1 Å². The fourth-order valence-electron chi connectivity index (χ4n) is 2.20. The molecule has 28 heavy (non-hydrogen) atoms. The Morgan fingerprint density at radius 3 is 2.54 bits per heavy atom. The second kappa shape index (κ2) is 12.6. The number of para-hydroxylation sites is 2. The number of ether oxygens (including phenoxy) is 1. The average molecular weight is 447 g/mol. The van der Waals surface area contributed by atoms with Crippen molar-refractivity contribution in [2.75, 3.05) is 32.3 Å². The number of methoxy groups -OCH3 is 1. The van der Waals surface area contributed by atoms with E-state index < -0.39 is 6.72 Å². The standard InChI is InChI=1S/C19H31N2O4PS2/c1-7-25-26(23,28-14-15(2)3)21(13-12-16(4)22)19(27-6)20-17-10-8-9-11-18(17)24-5/h8-11,15H,7,12-14H2,1-6H3. The lowest BCUT2D eigenvalue weighted by Crippen LogP contribution is -2.28. The molecule has 0 aromatic heterocycles. The Morgan fingerprint density at radius 2 is 2.00 bits per heavy atom. The third kappa shape index (κ3) is 7.82. The van der Waals surface area contributed by atoms with Gasteiger partial charge in [0.2, 0.25) is 0 Å². The van der Waals surface area contributed by atoms with Crippen LogP contribution >= 0.6 is 29.9 Å². The summed E-state index contributed by atoms with van der Waals surface area (Å²) in [6, 6.07) is 7.40. The molecule has 0 fully saturated rings. The van der Waals surface area contributed by atoms with Crippen molar-refractivity contribution in [3.8, 4) is 5.75 Å². The molecule has 1 aromatic carbocycles. The number of Topliss-reactive ketones (excluding diaryl/α,β-unsaturated/α-hetero) is 1. The number of carbonyl (C=O) groups excluding carboxylic acids is 1. The summed E-state index contributed by atoms with van der Waals surface area (Å²) in [6.07, 6.45) is 2.14. The van der Waals surface area contributed by atoms with Gasteiger partial charge in [0.25, 0.3) is 0 Å². The van der Waals surface area contributed by atoms with Crippen LogP contribution in [-0.2, 0) is 13.9 Å². The van der Waals surface area contributed by atoms with Crippen molar-refractivity contribution in [3.63, 3.8) is 0 Å². The van der Waals surface area contributed by atoms with Gasteiger partial charge in [-0.15, -0.1) is 0 Å². The largest absolute Gasteiger partial charge is 0.494 e. The summed E-state index contributed by atoms with van der Waals surface area (Å²) in [7, 11) is 1.59. The zero-order valence-corrected chi connectivity index (χ0v) is 20.0. The minimum atomic E-state index is -3.27. The number of ketones is 1. The Labute approximate surface area is 177 Å². The average Bonchev–Trinajstić information content (AvgIpc) is 2.66. The Hall–Kier alpha value is -0.950. The highest BCUT2D eigenvalue weighted by Crippen LogP contribution is 2.63. The van der Waals surface area contributed by atoms with Crippen molar-refractivity contribution in [1.29, 1.82) is 0 Å². The molecular formula is C19H31N2O4PS2. The normalized spacial score (nSPS) is 14.0. The number of nitrogens with zero attached hydrogens (tertiary/aromatic N) is 2. The first-order valence-electron chi connectivity index (χ1n) is 9.19. The van der Waals surface area contributed by atoms with Crippen LogP contribution in [0.15, 0.2) is 29.3 Å². The fourth-order valence-corrected chi connectivity index (χ4v) is 8.08. The molecule has 9 heteroatoms. The van der Waals surface area contributed by atoms with Crippen molar-refractivity contribution >= 4 is 46.5 Å². The lowest BCUT2D eigenvalue weighted by molar-refractivity contribution is -0.117. The first-order valence-corrected chi connectivity index (χ1v) is 13.6. The van der Waals surface area contributed by atoms with Gasteiger partial charge >= 0.3 is 6.72 Å². The van der Waals surface area contributed by atoms with Crippen molar-refractivity contribution < 1.29 is 18.6 Å². The molecule has 1 unspecified atom stereocenters. The van der Waals surface area contributed by atoms with E-state index in [4.69, 9.17) is 14.3 Å². The van der Waals surface area contributed by atoms with Crippen molar-refractivity contribution in [3.05, 3.63) is 24.3 Å². The topological polar surface area (TPSA) is 68.2 Å². The second-order valence-electron chi connectivity index (χ2n) is 6.42. The molecule has 0 saturated heterocycles. The van der Waals surface area contributed by atoms with Gasteiger partial charge in [-0.3, -0.25) is 14.0 Å². The van der Waals surface area contributed by atoms with Gasteiger partial charge in [0.1, 0.15) is 17.2 Å². The van der Waals surface area contributed by atoms with Gasteiger partial charge in [0.05, 0.1) is 13.7 Å². The van der Waals surface area contributed by atoms with E-state index in [-0.39, 0.29) is 18.7 Å². The summed E-state index contributed by atoms with van der Waals surface area (Å²) in [4.78, 5) is 16.3. The third-order valence-corrected chi connectivity index (χ3v) is 9.39. The summed E-state index contributed by atoms with van der Waals surface area (Å²) in [6.45, 7) is 4.82. The zero-order valence-electron chi connectivity index (χ0n) is 17.5. The first-order chi connectivity index (χ1) is 13.3. The summed E-state index contributed by atoms with van der Waals surface area (Å²) >= 11 is 2.68. The molecule has 0 radical (unpaired) electrons. The molecule has 0 aliphatic carbocycles. The van der Waals surface area contributed by atoms with Gasteiger partial charge in [-0.2, -0.15) is 0 Å². The van der Waals surface area contributed by atoms with Gasteiger partial charge < -0.3 is 9.26 Å². The Bertz CT molecular complexity index is 713. The summed E-state index contributed by atoms with van der Waals surface area (Å²) in [5.41, 5.74) is 0.638. The van der Waals surface area contributed by atoms with Gasteiger partial charge in [-0.05, 0) is 49.5 Å². The molecule has 0 bridgehead atoms. The number of thioether (sulfide) groups is 1. The van der Waals surface area contributed by atoms with Crippen molar-refractivity contribution in [1.82, 2.24) is 4.67 Å². The van der Waals surface area contributed by atoms with E-state index in [1.165, 1.54) is 30.1 Å². The molecule has 0 aliphatic rings. The van der Waals surface area contributed by atoms with E-state index in [9.17, 15) is 9.36 Å². The second-order valence-corrected chi connectivity index (χ2v) is 11.6. The fraction of sp³-hybridized carbons (Fsp3) is 0.579. The summed E-state index contributed by atoms with van der Waals surface area (Å²) < 4.78 is 26.6. The molecule has 6 nitrogen and oxygen atoms in total. The molecular weight excluding hydrogens is 415 g/mol. The van der Waals surface area contributed by atoms with E-state index in [0.717, 1.165) is 0 Å². The Balaban J connectivity index is 3.39. The van der Waals surface area contributed by atoms with Crippen LogP contribution in [0, 0.1) is 5.92 Å². The van der Waals surface area contributed by atoms with E-state index >= 15 is 0 Å². The van der Waals surface area contributed by atoms with Crippen LogP contribution < -0.4 is 4.74 Å². The molecule has 1 aromatic rings. The summed E-state index contributed by atoms with van der Waals surface area (Å²) in [5.74, 6) is 1.70. The minimum absolute atomic E-state index is 0.0275. The van der Waals surface area contributed by atoms with Crippen LogP contribution in [0.5, 0.6) is 5.75 Å². The highest BCUT2D eigenvalue weighted by Gasteiger charge is 2.35. The van der Waals surface area contributed by atoms with Crippen LogP contribution in [0.2, 0.25) is 0 Å². The van der Waals surface area contributed by atoms with E-state index in [2.05, 4.69) is 13.8 Å². The smallest absolute Gasteiger partial charge is 0.355 e. The van der Waals surface area contributed by atoms with E-state index in [1.54, 1.807) is 11.8 Å². The summed E-state index contributed by atoms with van der Waals surface area (Å²) in [5, 5.41) is 0.541. The van der Waals surface area contributed by atoms with E-state index in [0.29, 0.717) is 34.9 Å². The maximum Gasteiger partial charge on any atom is 0.355 e. The van der Waals surface area contributed by atoms with Crippen LogP contribution in [-0.4, -0.2) is 47.9 Å². The predicted molar refractivity (Wildman–Crippen MR) is 122 cm³/mol. The lowest BCUT2D eigenvalue weighted by atomic mass is 10.3.